The Labute approximate surface area is 236 Å². The second-order valence-corrected chi connectivity index (χ2v) is 14.2. The number of carbonyl (C=O) groups is 2. The van der Waals surface area contributed by atoms with Gasteiger partial charge < -0.3 is 14.7 Å². The molecule has 1 spiro atoms. The van der Waals surface area contributed by atoms with Crippen molar-refractivity contribution in [2.24, 2.45) is 11.3 Å². The highest BCUT2D eigenvalue weighted by atomic mass is 19.4. The van der Waals surface area contributed by atoms with E-state index in [1.165, 1.54) is 5.56 Å². The summed E-state index contributed by atoms with van der Waals surface area (Å²) in [5.41, 5.74) is 0.635. The number of amides is 3. The van der Waals surface area contributed by atoms with Gasteiger partial charge in [-0.1, -0.05) is 51.1 Å². The highest BCUT2D eigenvalue weighted by Crippen LogP contribution is 2.49. The van der Waals surface area contributed by atoms with Gasteiger partial charge >= 0.3 is 12.2 Å². The first-order valence-corrected chi connectivity index (χ1v) is 14.9. The minimum atomic E-state index is -4.41. The zero-order chi connectivity index (χ0) is 29.0. The van der Waals surface area contributed by atoms with Crippen LogP contribution in [0.3, 0.4) is 0 Å². The van der Waals surface area contributed by atoms with E-state index < -0.39 is 24.3 Å². The maximum atomic E-state index is 13.3. The quantitative estimate of drug-likeness (QED) is 0.445. The Morgan fingerprint density at radius 2 is 1.65 bits per heavy atom. The summed E-state index contributed by atoms with van der Waals surface area (Å²) in [7, 11) is 0. The molecule has 4 aliphatic heterocycles. The summed E-state index contributed by atoms with van der Waals surface area (Å²) in [5.74, 6) is 0.748. The first kappa shape index (κ1) is 29.2. The Morgan fingerprint density at radius 1 is 1.02 bits per heavy atom. The number of hydrogen-bond donors (Lipinski definition) is 0. The van der Waals surface area contributed by atoms with E-state index in [2.05, 4.69) is 49.9 Å². The van der Waals surface area contributed by atoms with Gasteiger partial charge in [0.2, 0.25) is 5.91 Å². The highest BCUT2D eigenvalue weighted by Gasteiger charge is 2.59. The zero-order valence-electron chi connectivity index (χ0n) is 24.6. The highest BCUT2D eigenvalue weighted by molar-refractivity contribution is 5.79. The Hall–Kier alpha value is -2.29. The molecule has 0 aromatic heterocycles. The SMILES string of the molecule is CC(C)N1C(=O)N(CC(F)(F)F)CC12CC1CCC(C2)N1C[C@H]1CN(C(=O)CC(C)(C)C)C[C@@H]1c1ccccc1. The summed E-state index contributed by atoms with van der Waals surface area (Å²) < 4.78 is 40.0. The Morgan fingerprint density at radius 3 is 2.20 bits per heavy atom. The summed E-state index contributed by atoms with van der Waals surface area (Å²) in [6.45, 7) is 11.4. The van der Waals surface area contributed by atoms with Crippen molar-refractivity contribution >= 4 is 11.9 Å². The molecule has 4 atom stereocenters. The molecule has 4 heterocycles. The molecule has 4 saturated heterocycles. The van der Waals surface area contributed by atoms with E-state index in [9.17, 15) is 22.8 Å². The molecule has 2 unspecified atom stereocenters. The number of hydrogen-bond acceptors (Lipinski definition) is 3. The van der Waals surface area contributed by atoms with Crippen LogP contribution in [0.15, 0.2) is 30.3 Å². The average molecular weight is 563 g/mol. The molecule has 40 heavy (non-hydrogen) atoms. The van der Waals surface area contributed by atoms with Crippen molar-refractivity contribution in [2.45, 2.75) is 102 Å². The van der Waals surface area contributed by atoms with E-state index in [4.69, 9.17) is 0 Å². The summed E-state index contributed by atoms with van der Waals surface area (Å²) in [6.07, 6.45) is -0.475. The maximum absolute atomic E-state index is 13.3. The van der Waals surface area contributed by atoms with E-state index in [0.29, 0.717) is 19.3 Å². The van der Waals surface area contributed by atoms with Gasteiger partial charge in [-0.25, -0.2) is 4.79 Å². The van der Waals surface area contributed by atoms with Crippen molar-refractivity contribution in [2.75, 3.05) is 32.7 Å². The van der Waals surface area contributed by atoms with Crippen LogP contribution in [0, 0.1) is 11.3 Å². The number of rotatable bonds is 6. The van der Waals surface area contributed by atoms with Gasteiger partial charge in [-0.15, -0.1) is 0 Å². The van der Waals surface area contributed by atoms with Crippen LogP contribution in [-0.2, 0) is 4.79 Å². The summed E-state index contributed by atoms with van der Waals surface area (Å²) in [4.78, 5) is 33.8. The second kappa shape index (κ2) is 10.5. The van der Waals surface area contributed by atoms with Crippen LogP contribution in [0.2, 0.25) is 0 Å². The minimum absolute atomic E-state index is 0.0707. The van der Waals surface area contributed by atoms with Gasteiger partial charge in [0.15, 0.2) is 0 Å². The number of alkyl halides is 3. The number of benzene rings is 1. The van der Waals surface area contributed by atoms with Crippen molar-refractivity contribution in [1.29, 1.82) is 0 Å². The molecule has 3 amide bonds. The van der Waals surface area contributed by atoms with Crippen LogP contribution in [0.4, 0.5) is 18.0 Å². The number of nitrogens with zero attached hydrogens (tertiary/aromatic N) is 4. The fourth-order valence-electron chi connectivity index (χ4n) is 8.17. The topological polar surface area (TPSA) is 47.1 Å². The number of urea groups is 1. The first-order chi connectivity index (χ1) is 18.7. The van der Waals surface area contributed by atoms with E-state index in [-0.39, 0.29) is 47.8 Å². The smallest absolute Gasteiger partial charge is 0.342 e. The monoisotopic (exact) mass is 562 g/mol. The predicted octanol–water partition coefficient (Wildman–Crippen LogP) is 5.74. The van der Waals surface area contributed by atoms with E-state index in [1.807, 2.05) is 24.8 Å². The number of fused-ring (bicyclic) bond motifs is 2. The molecular weight excluding hydrogens is 517 g/mol. The lowest BCUT2D eigenvalue weighted by Crippen LogP contribution is -2.60. The third-order valence-corrected chi connectivity index (χ3v) is 9.51. The zero-order valence-corrected chi connectivity index (χ0v) is 24.6. The van der Waals surface area contributed by atoms with E-state index in [1.54, 1.807) is 4.90 Å². The van der Waals surface area contributed by atoms with Gasteiger partial charge in [0, 0.05) is 56.6 Å². The van der Waals surface area contributed by atoms with Crippen LogP contribution in [0.1, 0.15) is 78.2 Å². The number of piperidine rings is 1. The molecule has 9 heteroatoms. The maximum Gasteiger partial charge on any atom is 0.406 e. The molecule has 2 bridgehead atoms. The molecular formula is C31H45F3N4O2. The molecule has 1 aromatic carbocycles. The van der Waals surface area contributed by atoms with Crippen molar-refractivity contribution < 1.29 is 22.8 Å². The normalized spacial score (nSPS) is 31.3. The lowest BCUT2D eigenvalue weighted by molar-refractivity contribution is -0.139. The standard InChI is InChI=1S/C31H45F3N4O2/c1-21(2)38-28(40)36(20-31(32,33)34)19-30(38)13-24-11-12-25(14-30)37(24)17-23-16-35(27(39)15-29(3,4)5)18-26(23)22-9-7-6-8-10-22/h6-10,21,23-26H,11-20H2,1-5H3/t23-,24?,25?,26-,30?/m1/s1. The van der Waals surface area contributed by atoms with Crippen LogP contribution < -0.4 is 0 Å². The van der Waals surface area contributed by atoms with Crippen molar-refractivity contribution in [3.05, 3.63) is 35.9 Å². The second-order valence-electron chi connectivity index (χ2n) is 14.2. The molecule has 0 radical (unpaired) electrons. The van der Waals surface area contributed by atoms with Crippen molar-refractivity contribution in [3.63, 3.8) is 0 Å². The Balaban J connectivity index is 1.34. The predicted molar refractivity (Wildman–Crippen MR) is 149 cm³/mol. The third kappa shape index (κ3) is 5.86. The molecule has 4 fully saturated rings. The van der Waals surface area contributed by atoms with Crippen molar-refractivity contribution in [1.82, 2.24) is 19.6 Å². The number of carbonyl (C=O) groups excluding carboxylic acids is 2. The number of likely N-dealkylation sites (tertiary alicyclic amines) is 1. The van der Waals surface area contributed by atoms with E-state index in [0.717, 1.165) is 37.4 Å². The van der Waals surface area contributed by atoms with Crippen LogP contribution >= 0.6 is 0 Å². The van der Waals surface area contributed by atoms with Gasteiger partial charge in [0.05, 0.1) is 5.54 Å². The summed E-state index contributed by atoms with van der Waals surface area (Å²) in [6, 6.07) is 10.3. The average Bonchev–Trinajstić information content (AvgIpc) is 3.44. The van der Waals surface area contributed by atoms with Crippen LogP contribution in [0.25, 0.3) is 0 Å². The largest absolute Gasteiger partial charge is 0.406 e. The Bertz CT molecular complexity index is 1070. The fourth-order valence-corrected chi connectivity index (χ4v) is 8.17. The molecule has 1 aromatic rings. The molecule has 0 aliphatic carbocycles. The van der Waals surface area contributed by atoms with Gasteiger partial charge in [0.25, 0.3) is 0 Å². The van der Waals surface area contributed by atoms with Gasteiger partial charge in [-0.05, 0) is 56.4 Å². The lowest BCUT2D eigenvalue weighted by atomic mass is 9.80. The summed E-state index contributed by atoms with van der Waals surface area (Å²) in [5, 5.41) is 0. The van der Waals surface area contributed by atoms with Gasteiger partial charge in [-0.3, -0.25) is 9.69 Å². The van der Waals surface area contributed by atoms with Crippen LogP contribution in [0.5, 0.6) is 0 Å². The molecule has 0 saturated carbocycles. The van der Waals surface area contributed by atoms with Crippen molar-refractivity contribution in [3.8, 4) is 0 Å². The molecule has 0 N–H and O–H groups in total. The summed E-state index contributed by atoms with van der Waals surface area (Å²) >= 11 is 0. The van der Waals surface area contributed by atoms with Gasteiger partial charge in [0.1, 0.15) is 6.54 Å². The van der Waals surface area contributed by atoms with Crippen LogP contribution in [-0.4, -0.2) is 94.1 Å². The molecule has 222 valence electrons. The van der Waals surface area contributed by atoms with Gasteiger partial charge in [-0.2, -0.15) is 13.2 Å². The third-order valence-electron chi connectivity index (χ3n) is 9.51. The number of halogens is 3. The minimum Gasteiger partial charge on any atom is -0.342 e. The molecule has 4 aliphatic rings. The Kier molecular flexibility index (Phi) is 7.68. The lowest BCUT2D eigenvalue weighted by Gasteiger charge is -2.50. The first-order valence-electron chi connectivity index (χ1n) is 14.9. The molecule has 5 rings (SSSR count). The van der Waals surface area contributed by atoms with E-state index >= 15 is 0 Å². The fraction of sp³-hybridized carbons (Fsp3) is 0.742. The molecule has 6 nitrogen and oxygen atoms in total.